The second-order valence-corrected chi connectivity index (χ2v) is 3.06. The fourth-order valence-electron chi connectivity index (χ4n) is 1.03. The molecule has 0 saturated heterocycles. The van der Waals surface area contributed by atoms with Crippen molar-refractivity contribution >= 4 is 11.9 Å². The summed E-state index contributed by atoms with van der Waals surface area (Å²) in [6, 6.07) is -0.433. The van der Waals surface area contributed by atoms with E-state index in [4.69, 9.17) is 5.11 Å². The van der Waals surface area contributed by atoms with Gasteiger partial charge in [-0.2, -0.15) is 0 Å². The molecule has 0 bridgehead atoms. The molecule has 0 aromatic carbocycles. The van der Waals surface area contributed by atoms with Gasteiger partial charge in [-0.25, -0.2) is 4.98 Å². The summed E-state index contributed by atoms with van der Waals surface area (Å²) in [6.07, 6.45) is 4.06. The zero-order chi connectivity index (χ0) is 11.3. The molecule has 1 amide bonds. The van der Waals surface area contributed by atoms with Crippen LogP contribution in [0.4, 0.5) is 0 Å². The molecule has 0 spiro atoms. The lowest BCUT2D eigenvalue weighted by Crippen LogP contribution is -2.34. The molecule has 1 heterocycles. The molecule has 80 valence electrons. The van der Waals surface area contributed by atoms with Gasteiger partial charge in [-0.05, 0) is 6.92 Å². The second-order valence-electron chi connectivity index (χ2n) is 3.06. The highest BCUT2D eigenvalue weighted by molar-refractivity contribution is 5.92. The Labute approximate surface area is 86.4 Å². The lowest BCUT2D eigenvalue weighted by atomic mass is 10.2. The van der Waals surface area contributed by atoms with Gasteiger partial charge in [-0.15, -0.1) is 0 Å². The SMILES string of the molecule is CC(CC(=O)O)NC(=O)c1cnccn1. The maximum Gasteiger partial charge on any atom is 0.305 e. The maximum absolute atomic E-state index is 11.4. The van der Waals surface area contributed by atoms with Crippen LogP contribution < -0.4 is 5.32 Å². The minimum absolute atomic E-state index is 0.119. The number of hydrogen-bond donors (Lipinski definition) is 2. The monoisotopic (exact) mass is 209 g/mol. The molecule has 1 atom stereocenters. The quantitative estimate of drug-likeness (QED) is 0.732. The van der Waals surface area contributed by atoms with Crippen LogP contribution in [0.15, 0.2) is 18.6 Å². The minimum Gasteiger partial charge on any atom is -0.481 e. The first-order chi connectivity index (χ1) is 7.09. The number of aliphatic carboxylic acids is 1. The van der Waals surface area contributed by atoms with Gasteiger partial charge in [0.25, 0.3) is 5.91 Å². The summed E-state index contributed by atoms with van der Waals surface area (Å²) in [4.78, 5) is 29.3. The summed E-state index contributed by atoms with van der Waals surface area (Å²) in [7, 11) is 0. The first-order valence-electron chi connectivity index (χ1n) is 4.38. The van der Waals surface area contributed by atoms with Crippen LogP contribution in [0.1, 0.15) is 23.8 Å². The number of rotatable bonds is 4. The smallest absolute Gasteiger partial charge is 0.305 e. The van der Waals surface area contributed by atoms with Gasteiger partial charge in [0.15, 0.2) is 0 Å². The molecule has 0 saturated carbocycles. The Balaban J connectivity index is 2.53. The van der Waals surface area contributed by atoms with Gasteiger partial charge in [0.1, 0.15) is 5.69 Å². The summed E-state index contributed by atoms with van der Waals surface area (Å²) in [5.41, 5.74) is 0.176. The van der Waals surface area contributed by atoms with E-state index in [2.05, 4.69) is 15.3 Å². The average molecular weight is 209 g/mol. The van der Waals surface area contributed by atoms with Gasteiger partial charge in [-0.3, -0.25) is 14.6 Å². The summed E-state index contributed by atoms with van der Waals surface area (Å²) in [6.45, 7) is 1.61. The maximum atomic E-state index is 11.4. The van der Waals surface area contributed by atoms with Crippen molar-refractivity contribution in [3.05, 3.63) is 24.3 Å². The van der Waals surface area contributed by atoms with Crippen LogP contribution >= 0.6 is 0 Å². The predicted octanol–water partition coefficient (Wildman–Crippen LogP) is 0.0696. The Morgan fingerprint density at radius 3 is 2.80 bits per heavy atom. The highest BCUT2D eigenvalue weighted by atomic mass is 16.4. The molecule has 2 N–H and O–H groups in total. The molecule has 6 heteroatoms. The number of amides is 1. The molecule has 15 heavy (non-hydrogen) atoms. The summed E-state index contributed by atoms with van der Waals surface area (Å²) < 4.78 is 0. The molecule has 6 nitrogen and oxygen atoms in total. The minimum atomic E-state index is -0.957. The van der Waals surface area contributed by atoms with Crippen LogP contribution in [0.5, 0.6) is 0 Å². The van der Waals surface area contributed by atoms with Gasteiger partial charge in [-0.1, -0.05) is 0 Å². The van der Waals surface area contributed by atoms with Crippen LogP contribution in [-0.2, 0) is 4.79 Å². The highest BCUT2D eigenvalue weighted by Crippen LogP contribution is 1.95. The van der Waals surface area contributed by atoms with E-state index in [1.165, 1.54) is 18.6 Å². The van der Waals surface area contributed by atoms with Crippen molar-refractivity contribution in [1.82, 2.24) is 15.3 Å². The standard InChI is InChI=1S/C9H11N3O3/c1-6(4-8(13)14)12-9(15)7-5-10-2-3-11-7/h2-3,5-6H,4H2,1H3,(H,12,15)(H,13,14). The lowest BCUT2D eigenvalue weighted by Gasteiger charge is -2.10. The number of carbonyl (C=O) groups is 2. The van der Waals surface area contributed by atoms with Crippen molar-refractivity contribution in [1.29, 1.82) is 0 Å². The van der Waals surface area contributed by atoms with Crippen molar-refractivity contribution in [2.75, 3.05) is 0 Å². The number of aromatic nitrogens is 2. The molecule has 0 radical (unpaired) electrons. The summed E-state index contributed by atoms with van der Waals surface area (Å²) in [5.74, 6) is -1.38. The van der Waals surface area contributed by atoms with Crippen LogP contribution in [-0.4, -0.2) is 33.0 Å². The van der Waals surface area contributed by atoms with Crippen LogP contribution in [0.2, 0.25) is 0 Å². The number of carboxylic acids is 1. The Morgan fingerprint density at radius 1 is 1.53 bits per heavy atom. The zero-order valence-corrected chi connectivity index (χ0v) is 8.17. The number of nitrogens with one attached hydrogen (secondary N) is 1. The number of carbonyl (C=O) groups excluding carboxylic acids is 1. The van der Waals surface area contributed by atoms with E-state index in [0.717, 1.165) is 0 Å². The van der Waals surface area contributed by atoms with Crippen LogP contribution in [0, 0.1) is 0 Å². The van der Waals surface area contributed by atoms with Crippen molar-refractivity contribution in [3.63, 3.8) is 0 Å². The first kappa shape index (κ1) is 11.1. The summed E-state index contributed by atoms with van der Waals surface area (Å²) >= 11 is 0. The van der Waals surface area contributed by atoms with Gasteiger partial charge in [0, 0.05) is 18.4 Å². The topological polar surface area (TPSA) is 92.2 Å². The normalized spacial score (nSPS) is 11.8. The first-order valence-corrected chi connectivity index (χ1v) is 4.38. The molecule has 1 rings (SSSR count). The average Bonchev–Trinajstić information content (AvgIpc) is 2.17. The largest absolute Gasteiger partial charge is 0.481 e. The van der Waals surface area contributed by atoms with Gasteiger partial charge >= 0.3 is 5.97 Å². The number of nitrogens with zero attached hydrogens (tertiary/aromatic N) is 2. The Kier molecular flexibility index (Phi) is 3.73. The lowest BCUT2D eigenvalue weighted by molar-refractivity contribution is -0.137. The molecule has 0 aliphatic carbocycles. The van der Waals surface area contributed by atoms with E-state index in [1.54, 1.807) is 6.92 Å². The van der Waals surface area contributed by atoms with Gasteiger partial charge in [0.2, 0.25) is 0 Å². The summed E-state index contributed by atoms with van der Waals surface area (Å²) in [5, 5.41) is 11.0. The number of carboxylic acid groups (broad SMARTS) is 1. The van der Waals surface area contributed by atoms with Crippen molar-refractivity contribution < 1.29 is 14.7 Å². The van der Waals surface area contributed by atoms with Crippen LogP contribution in [0.3, 0.4) is 0 Å². The fourth-order valence-corrected chi connectivity index (χ4v) is 1.03. The Bertz CT molecular complexity index is 353. The van der Waals surface area contributed by atoms with Crippen molar-refractivity contribution in [2.24, 2.45) is 0 Å². The van der Waals surface area contributed by atoms with Crippen molar-refractivity contribution in [2.45, 2.75) is 19.4 Å². The predicted molar refractivity (Wildman–Crippen MR) is 51.2 cm³/mol. The van der Waals surface area contributed by atoms with Crippen LogP contribution in [0.25, 0.3) is 0 Å². The van der Waals surface area contributed by atoms with E-state index in [9.17, 15) is 9.59 Å². The third kappa shape index (κ3) is 3.72. The Hall–Kier alpha value is -1.98. The van der Waals surface area contributed by atoms with E-state index >= 15 is 0 Å². The Morgan fingerprint density at radius 2 is 2.27 bits per heavy atom. The molecule has 1 unspecified atom stereocenters. The van der Waals surface area contributed by atoms with E-state index in [0.29, 0.717) is 0 Å². The third-order valence-corrected chi connectivity index (χ3v) is 1.65. The molecular weight excluding hydrogens is 198 g/mol. The molecule has 0 aliphatic heterocycles. The van der Waals surface area contributed by atoms with E-state index in [1.807, 2.05) is 0 Å². The fraction of sp³-hybridized carbons (Fsp3) is 0.333. The highest BCUT2D eigenvalue weighted by Gasteiger charge is 2.13. The van der Waals surface area contributed by atoms with E-state index in [-0.39, 0.29) is 12.1 Å². The van der Waals surface area contributed by atoms with E-state index < -0.39 is 17.9 Å². The third-order valence-electron chi connectivity index (χ3n) is 1.65. The molecule has 0 aliphatic rings. The number of hydrogen-bond acceptors (Lipinski definition) is 4. The zero-order valence-electron chi connectivity index (χ0n) is 8.17. The molecule has 1 aromatic heterocycles. The molecular formula is C9H11N3O3. The molecule has 1 aromatic rings. The van der Waals surface area contributed by atoms with Crippen molar-refractivity contribution in [3.8, 4) is 0 Å². The second kappa shape index (κ2) is 5.04. The van der Waals surface area contributed by atoms with Gasteiger partial charge in [0.05, 0.1) is 12.6 Å². The van der Waals surface area contributed by atoms with Gasteiger partial charge < -0.3 is 10.4 Å². The molecule has 0 fully saturated rings.